The molecule has 4 heteroatoms. The maximum absolute atomic E-state index is 8.73. The quantitative estimate of drug-likeness (QED) is 0.376. The topological polar surface area (TPSA) is 72.7 Å². The highest BCUT2D eigenvalue weighted by molar-refractivity contribution is 4.85. The van der Waals surface area contributed by atoms with Gasteiger partial charge in [-0.15, -0.1) is 0 Å². The molecule has 0 radical (unpaired) electrons. The van der Waals surface area contributed by atoms with E-state index in [4.69, 9.17) is 15.3 Å². The molecule has 10 heavy (non-hydrogen) atoms. The summed E-state index contributed by atoms with van der Waals surface area (Å²) >= 11 is 0. The summed E-state index contributed by atoms with van der Waals surface area (Å²) in [6.45, 7) is 1.69. The molecule has 0 heterocycles. The summed E-state index contributed by atoms with van der Waals surface area (Å²) in [6.07, 6.45) is 0. The maximum atomic E-state index is 8.73. The molecule has 0 spiro atoms. The van der Waals surface area contributed by atoms with Crippen molar-refractivity contribution in [1.29, 1.82) is 0 Å². The number of likely N-dealkylation sites (N-methyl/N-ethyl adjacent to an activating group) is 1. The van der Waals surface area contributed by atoms with Crippen molar-refractivity contribution < 1.29 is 15.3 Å². The van der Waals surface area contributed by atoms with Gasteiger partial charge in [0.05, 0.1) is 25.4 Å². The van der Waals surface area contributed by atoms with E-state index in [1.54, 1.807) is 0 Å². The molecule has 4 N–H and O–H groups in total. The molecule has 0 saturated heterocycles. The average molecular weight is 149 g/mol. The molecule has 0 aliphatic carbocycles. The largest absolute Gasteiger partial charge is 0.394 e. The van der Waals surface area contributed by atoms with Crippen molar-refractivity contribution in [3.63, 3.8) is 0 Å². The van der Waals surface area contributed by atoms with E-state index in [-0.39, 0.29) is 19.8 Å². The number of rotatable bonds is 5. The van der Waals surface area contributed by atoms with E-state index in [1.165, 1.54) is 0 Å². The molecule has 0 amide bonds. The number of aliphatic hydroxyl groups excluding tert-OH is 3. The third-order valence-electron chi connectivity index (χ3n) is 1.46. The van der Waals surface area contributed by atoms with E-state index in [9.17, 15) is 0 Å². The zero-order valence-electron chi connectivity index (χ0n) is 6.17. The van der Waals surface area contributed by atoms with Crippen LogP contribution in [0.2, 0.25) is 0 Å². The predicted octanol–water partition coefficient (Wildman–Crippen LogP) is -1.69. The van der Waals surface area contributed by atoms with Crippen LogP contribution in [0.4, 0.5) is 0 Å². The fraction of sp³-hybridized carbons (Fsp3) is 1.00. The summed E-state index contributed by atoms with van der Waals surface area (Å²) in [5, 5.41) is 29.0. The highest BCUT2D eigenvalue weighted by Crippen LogP contribution is 1.99. The lowest BCUT2D eigenvalue weighted by atomic mass is 10.0. The highest BCUT2D eigenvalue weighted by atomic mass is 16.3. The van der Waals surface area contributed by atoms with Gasteiger partial charge in [0, 0.05) is 0 Å². The Morgan fingerprint density at radius 3 is 1.60 bits per heavy atom. The Labute approximate surface area is 60.5 Å². The SMILES string of the molecule is CCNC(CO)(CO)CO. The van der Waals surface area contributed by atoms with Crippen molar-refractivity contribution in [2.75, 3.05) is 26.4 Å². The lowest BCUT2D eigenvalue weighted by Gasteiger charge is -2.27. The van der Waals surface area contributed by atoms with Crippen LogP contribution < -0.4 is 5.32 Å². The van der Waals surface area contributed by atoms with Gasteiger partial charge in [0.15, 0.2) is 0 Å². The molecule has 0 aromatic rings. The standard InChI is InChI=1S/C6H15NO3/c1-2-7-6(3-8,4-9)5-10/h7-10H,2-5H2,1H3. The van der Waals surface area contributed by atoms with Gasteiger partial charge in [-0.2, -0.15) is 0 Å². The van der Waals surface area contributed by atoms with E-state index in [1.807, 2.05) is 6.92 Å². The van der Waals surface area contributed by atoms with Gasteiger partial charge in [0.2, 0.25) is 0 Å². The second kappa shape index (κ2) is 4.62. The Morgan fingerprint density at radius 2 is 1.50 bits per heavy atom. The maximum Gasteiger partial charge on any atom is 0.0881 e. The first kappa shape index (κ1) is 9.84. The normalized spacial score (nSPS) is 12.0. The van der Waals surface area contributed by atoms with Gasteiger partial charge < -0.3 is 20.6 Å². The van der Waals surface area contributed by atoms with Crippen molar-refractivity contribution in [1.82, 2.24) is 5.32 Å². The summed E-state index contributed by atoms with van der Waals surface area (Å²) in [4.78, 5) is 0. The van der Waals surface area contributed by atoms with Crippen LogP contribution in [0.15, 0.2) is 0 Å². The molecule has 0 unspecified atom stereocenters. The van der Waals surface area contributed by atoms with Gasteiger partial charge in [-0.05, 0) is 6.54 Å². The van der Waals surface area contributed by atoms with Crippen LogP contribution in [0.5, 0.6) is 0 Å². The molecule has 0 fully saturated rings. The second-order valence-electron chi connectivity index (χ2n) is 2.29. The van der Waals surface area contributed by atoms with E-state index < -0.39 is 5.54 Å². The van der Waals surface area contributed by atoms with Crippen LogP contribution >= 0.6 is 0 Å². The summed E-state index contributed by atoms with van der Waals surface area (Å²) < 4.78 is 0. The summed E-state index contributed by atoms with van der Waals surface area (Å²) in [5.74, 6) is 0. The van der Waals surface area contributed by atoms with E-state index in [0.717, 1.165) is 0 Å². The Bertz CT molecular complexity index is 74.8. The Balaban J connectivity index is 3.87. The molecule has 4 nitrogen and oxygen atoms in total. The van der Waals surface area contributed by atoms with Crippen molar-refractivity contribution >= 4 is 0 Å². The number of hydrogen-bond donors (Lipinski definition) is 4. The molecule has 0 saturated carbocycles. The van der Waals surface area contributed by atoms with Crippen molar-refractivity contribution in [2.24, 2.45) is 0 Å². The van der Waals surface area contributed by atoms with Crippen LogP contribution in [0.1, 0.15) is 6.92 Å². The van der Waals surface area contributed by atoms with Crippen LogP contribution in [-0.4, -0.2) is 47.2 Å². The van der Waals surface area contributed by atoms with E-state index in [0.29, 0.717) is 6.54 Å². The summed E-state index contributed by atoms with van der Waals surface area (Å²) in [5.41, 5.74) is -0.908. The van der Waals surface area contributed by atoms with E-state index >= 15 is 0 Å². The summed E-state index contributed by atoms with van der Waals surface area (Å²) in [7, 11) is 0. The van der Waals surface area contributed by atoms with Crippen LogP contribution in [0, 0.1) is 0 Å². The monoisotopic (exact) mass is 149 g/mol. The molecule has 62 valence electrons. The smallest absolute Gasteiger partial charge is 0.0881 e. The first-order chi connectivity index (χ1) is 4.74. The first-order valence-electron chi connectivity index (χ1n) is 3.32. The molecule has 0 atom stereocenters. The number of aliphatic hydroxyl groups is 3. The molecule has 0 aliphatic heterocycles. The Kier molecular flexibility index (Phi) is 4.55. The van der Waals surface area contributed by atoms with Gasteiger partial charge in [0.25, 0.3) is 0 Å². The molecule has 0 aromatic carbocycles. The average Bonchev–Trinajstić information content (AvgIpc) is 2.01. The van der Waals surface area contributed by atoms with Crippen molar-refractivity contribution in [3.05, 3.63) is 0 Å². The number of hydrogen-bond acceptors (Lipinski definition) is 4. The minimum atomic E-state index is -0.908. The summed E-state index contributed by atoms with van der Waals surface area (Å²) in [6, 6.07) is 0. The third-order valence-corrected chi connectivity index (χ3v) is 1.46. The second-order valence-corrected chi connectivity index (χ2v) is 2.29. The lowest BCUT2D eigenvalue weighted by molar-refractivity contribution is 0.0439. The van der Waals surface area contributed by atoms with Crippen molar-refractivity contribution in [3.8, 4) is 0 Å². The predicted molar refractivity (Wildman–Crippen MR) is 37.7 cm³/mol. The van der Waals surface area contributed by atoms with Gasteiger partial charge in [0.1, 0.15) is 0 Å². The first-order valence-corrected chi connectivity index (χ1v) is 3.32. The minimum absolute atomic E-state index is 0.256. The van der Waals surface area contributed by atoms with Gasteiger partial charge >= 0.3 is 0 Å². The van der Waals surface area contributed by atoms with Crippen LogP contribution in [-0.2, 0) is 0 Å². The third kappa shape index (κ3) is 2.22. The number of nitrogens with one attached hydrogen (secondary N) is 1. The fourth-order valence-corrected chi connectivity index (χ4v) is 0.693. The molecular weight excluding hydrogens is 134 g/mol. The van der Waals surface area contributed by atoms with Crippen LogP contribution in [0.3, 0.4) is 0 Å². The van der Waals surface area contributed by atoms with Gasteiger partial charge in [-0.3, -0.25) is 0 Å². The fourth-order valence-electron chi connectivity index (χ4n) is 0.693. The zero-order valence-corrected chi connectivity index (χ0v) is 6.17. The van der Waals surface area contributed by atoms with Gasteiger partial charge in [-0.1, -0.05) is 6.92 Å². The molecular formula is C6H15NO3. The highest BCUT2D eigenvalue weighted by Gasteiger charge is 2.25. The van der Waals surface area contributed by atoms with Gasteiger partial charge in [-0.25, -0.2) is 0 Å². The van der Waals surface area contributed by atoms with E-state index in [2.05, 4.69) is 5.32 Å². The Hall–Kier alpha value is -0.160. The molecule has 0 aliphatic rings. The molecule has 0 bridgehead atoms. The van der Waals surface area contributed by atoms with Crippen LogP contribution in [0.25, 0.3) is 0 Å². The minimum Gasteiger partial charge on any atom is -0.394 e. The molecule has 0 rings (SSSR count). The molecule has 0 aromatic heterocycles. The van der Waals surface area contributed by atoms with Crippen molar-refractivity contribution in [2.45, 2.75) is 12.5 Å². The Morgan fingerprint density at radius 1 is 1.10 bits per heavy atom. The zero-order chi connectivity index (χ0) is 8.04. The lowest BCUT2D eigenvalue weighted by Crippen LogP contribution is -2.54.